The molecule has 3 rings (SSSR count). The van der Waals surface area contributed by atoms with Crippen LogP contribution in [0.5, 0.6) is 0 Å². The summed E-state index contributed by atoms with van der Waals surface area (Å²) in [6.45, 7) is 1.44. The number of hydrogen-bond donors (Lipinski definition) is 1. The SMILES string of the molecule is OC(CC1CC1)c1ccc2c(c1)COC2. The van der Waals surface area contributed by atoms with E-state index in [1.54, 1.807) is 0 Å². The minimum Gasteiger partial charge on any atom is -0.388 e. The second-order valence-electron chi connectivity index (χ2n) is 4.72. The molecule has 0 spiro atoms. The summed E-state index contributed by atoms with van der Waals surface area (Å²) in [7, 11) is 0. The number of rotatable bonds is 3. The molecular weight excluding hydrogens is 188 g/mol. The van der Waals surface area contributed by atoms with E-state index in [-0.39, 0.29) is 6.10 Å². The lowest BCUT2D eigenvalue weighted by atomic mass is 10.00. The monoisotopic (exact) mass is 204 g/mol. The van der Waals surface area contributed by atoms with E-state index in [2.05, 4.69) is 12.1 Å². The highest BCUT2D eigenvalue weighted by atomic mass is 16.5. The molecule has 1 unspecified atom stereocenters. The van der Waals surface area contributed by atoms with Crippen LogP contribution in [0.25, 0.3) is 0 Å². The lowest BCUT2D eigenvalue weighted by Gasteiger charge is -2.11. The van der Waals surface area contributed by atoms with E-state index >= 15 is 0 Å². The highest BCUT2D eigenvalue weighted by molar-refractivity contribution is 5.34. The Labute approximate surface area is 89.9 Å². The zero-order valence-corrected chi connectivity index (χ0v) is 8.78. The Kier molecular flexibility index (Phi) is 2.26. The van der Waals surface area contributed by atoms with Crippen LogP contribution in [0, 0.1) is 5.92 Å². The highest BCUT2D eigenvalue weighted by Gasteiger charge is 2.25. The van der Waals surface area contributed by atoms with Crippen LogP contribution in [0.2, 0.25) is 0 Å². The van der Waals surface area contributed by atoms with Crippen LogP contribution < -0.4 is 0 Å². The van der Waals surface area contributed by atoms with E-state index in [0.29, 0.717) is 6.61 Å². The average molecular weight is 204 g/mol. The number of hydrogen-bond acceptors (Lipinski definition) is 2. The Hall–Kier alpha value is -0.860. The van der Waals surface area contributed by atoms with Crippen LogP contribution in [0.1, 0.15) is 42.1 Å². The minimum absolute atomic E-state index is 0.275. The largest absolute Gasteiger partial charge is 0.388 e. The number of aliphatic hydroxyl groups excluding tert-OH is 1. The van der Waals surface area contributed by atoms with Gasteiger partial charge in [-0.15, -0.1) is 0 Å². The maximum Gasteiger partial charge on any atom is 0.0792 e. The molecule has 2 nitrogen and oxygen atoms in total. The summed E-state index contributed by atoms with van der Waals surface area (Å²) >= 11 is 0. The number of ether oxygens (including phenoxy) is 1. The first-order chi connectivity index (χ1) is 7.33. The number of fused-ring (bicyclic) bond motifs is 1. The van der Waals surface area contributed by atoms with Gasteiger partial charge in [-0.25, -0.2) is 0 Å². The fourth-order valence-electron chi connectivity index (χ4n) is 2.20. The Morgan fingerprint density at radius 2 is 2.07 bits per heavy atom. The number of aliphatic hydroxyl groups is 1. The average Bonchev–Trinajstić information content (AvgIpc) is 2.94. The molecule has 2 heteroatoms. The maximum atomic E-state index is 10.0. The molecule has 1 aromatic rings. The van der Waals surface area contributed by atoms with Crippen LogP contribution in [0.3, 0.4) is 0 Å². The van der Waals surface area contributed by atoms with Crippen molar-refractivity contribution >= 4 is 0 Å². The third-order valence-electron chi connectivity index (χ3n) is 3.38. The molecule has 0 radical (unpaired) electrons. The van der Waals surface area contributed by atoms with E-state index < -0.39 is 0 Å². The molecule has 1 heterocycles. The van der Waals surface area contributed by atoms with Crippen LogP contribution in [-0.2, 0) is 18.0 Å². The molecule has 1 aliphatic carbocycles. The highest BCUT2D eigenvalue weighted by Crippen LogP contribution is 2.38. The number of benzene rings is 1. The van der Waals surface area contributed by atoms with E-state index in [1.165, 1.54) is 24.0 Å². The van der Waals surface area contributed by atoms with Gasteiger partial charge in [0, 0.05) is 0 Å². The van der Waals surface area contributed by atoms with Crippen molar-refractivity contribution in [1.82, 2.24) is 0 Å². The maximum absolute atomic E-state index is 10.0. The fraction of sp³-hybridized carbons (Fsp3) is 0.538. The Balaban J connectivity index is 1.78. The summed E-state index contributed by atoms with van der Waals surface area (Å²) in [5, 5.41) is 10.0. The molecule has 1 saturated carbocycles. The van der Waals surface area contributed by atoms with Crippen LogP contribution in [-0.4, -0.2) is 5.11 Å². The zero-order valence-electron chi connectivity index (χ0n) is 8.78. The van der Waals surface area contributed by atoms with Crippen molar-refractivity contribution < 1.29 is 9.84 Å². The molecule has 2 aliphatic rings. The predicted molar refractivity (Wildman–Crippen MR) is 57.2 cm³/mol. The van der Waals surface area contributed by atoms with E-state index in [9.17, 15) is 5.11 Å². The first-order valence-corrected chi connectivity index (χ1v) is 5.70. The van der Waals surface area contributed by atoms with Gasteiger partial charge < -0.3 is 9.84 Å². The third-order valence-corrected chi connectivity index (χ3v) is 3.38. The van der Waals surface area contributed by atoms with Gasteiger partial charge in [0.2, 0.25) is 0 Å². The molecule has 1 aromatic carbocycles. The van der Waals surface area contributed by atoms with Gasteiger partial charge in [0.1, 0.15) is 0 Å². The lowest BCUT2D eigenvalue weighted by Crippen LogP contribution is -1.99. The quantitative estimate of drug-likeness (QED) is 0.820. The summed E-state index contributed by atoms with van der Waals surface area (Å²) in [5.74, 6) is 0.768. The van der Waals surface area contributed by atoms with Gasteiger partial charge in [-0.05, 0) is 29.0 Å². The molecule has 0 bridgehead atoms. The normalized spacial score (nSPS) is 21.4. The second-order valence-corrected chi connectivity index (χ2v) is 4.72. The van der Waals surface area contributed by atoms with Crippen molar-refractivity contribution in [3.05, 3.63) is 34.9 Å². The van der Waals surface area contributed by atoms with Crippen molar-refractivity contribution in [2.75, 3.05) is 0 Å². The van der Waals surface area contributed by atoms with Gasteiger partial charge in [0.05, 0.1) is 19.3 Å². The summed E-state index contributed by atoms with van der Waals surface area (Å²) < 4.78 is 5.36. The third kappa shape index (κ3) is 1.92. The van der Waals surface area contributed by atoms with Crippen LogP contribution >= 0.6 is 0 Å². The van der Waals surface area contributed by atoms with Crippen molar-refractivity contribution in [3.8, 4) is 0 Å². The molecular formula is C13H16O2. The van der Waals surface area contributed by atoms with Crippen LogP contribution in [0.4, 0.5) is 0 Å². The van der Waals surface area contributed by atoms with Gasteiger partial charge >= 0.3 is 0 Å². The molecule has 1 fully saturated rings. The van der Waals surface area contributed by atoms with E-state index in [1.807, 2.05) is 6.07 Å². The Morgan fingerprint density at radius 1 is 1.27 bits per heavy atom. The van der Waals surface area contributed by atoms with Gasteiger partial charge in [0.25, 0.3) is 0 Å². The smallest absolute Gasteiger partial charge is 0.0792 e. The summed E-state index contributed by atoms with van der Waals surface area (Å²) in [4.78, 5) is 0. The minimum atomic E-state index is -0.275. The molecule has 0 saturated heterocycles. The summed E-state index contributed by atoms with van der Waals surface area (Å²) in [5.41, 5.74) is 3.59. The molecule has 1 atom stereocenters. The standard InChI is InChI=1S/C13H16O2/c14-13(5-9-1-2-9)10-3-4-11-7-15-8-12(11)6-10/h3-4,6,9,13-14H,1-2,5,7-8H2. The van der Waals surface area contributed by atoms with Gasteiger partial charge in [-0.1, -0.05) is 31.0 Å². The Bertz CT molecular complexity index is 369. The zero-order chi connectivity index (χ0) is 10.3. The Morgan fingerprint density at radius 3 is 2.87 bits per heavy atom. The summed E-state index contributed by atoms with van der Waals surface area (Å²) in [6.07, 6.45) is 3.25. The first-order valence-electron chi connectivity index (χ1n) is 5.70. The second kappa shape index (κ2) is 3.62. The lowest BCUT2D eigenvalue weighted by molar-refractivity contribution is 0.134. The van der Waals surface area contributed by atoms with Crippen molar-refractivity contribution in [2.24, 2.45) is 5.92 Å². The van der Waals surface area contributed by atoms with Crippen molar-refractivity contribution in [3.63, 3.8) is 0 Å². The molecule has 1 N–H and O–H groups in total. The predicted octanol–water partition coefficient (Wildman–Crippen LogP) is 2.55. The van der Waals surface area contributed by atoms with Gasteiger partial charge in [0.15, 0.2) is 0 Å². The molecule has 15 heavy (non-hydrogen) atoms. The van der Waals surface area contributed by atoms with E-state index in [0.717, 1.165) is 24.5 Å². The molecule has 80 valence electrons. The van der Waals surface area contributed by atoms with Gasteiger partial charge in [-0.3, -0.25) is 0 Å². The van der Waals surface area contributed by atoms with Crippen molar-refractivity contribution in [1.29, 1.82) is 0 Å². The summed E-state index contributed by atoms with van der Waals surface area (Å²) in [6, 6.07) is 6.24. The molecule has 1 aliphatic heterocycles. The van der Waals surface area contributed by atoms with E-state index in [4.69, 9.17) is 4.74 Å². The van der Waals surface area contributed by atoms with Crippen molar-refractivity contribution in [2.45, 2.75) is 38.6 Å². The first kappa shape index (κ1) is 9.37. The molecule has 0 aromatic heterocycles. The van der Waals surface area contributed by atoms with Gasteiger partial charge in [-0.2, -0.15) is 0 Å². The molecule has 0 amide bonds. The topological polar surface area (TPSA) is 29.5 Å². The van der Waals surface area contributed by atoms with Crippen LogP contribution in [0.15, 0.2) is 18.2 Å². The fourth-order valence-corrected chi connectivity index (χ4v) is 2.20.